The summed E-state index contributed by atoms with van der Waals surface area (Å²) < 4.78 is 37.1. The predicted octanol–water partition coefficient (Wildman–Crippen LogP) is 4.62. The maximum atomic E-state index is 13.3. The second-order valence-electron chi connectivity index (χ2n) is 6.72. The van der Waals surface area contributed by atoms with Gasteiger partial charge in [0.25, 0.3) is 0 Å². The van der Waals surface area contributed by atoms with Gasteiger partial charge in [0, 0.05) is 24.8 Å². The van der Waals surface area contributed by atoms with E-state index < -0.39 is 11.6 Å². The van der Waals surface area contributed by atoms with Crippen LogP contribution in [0.2, 0.25) is 0 Å². The highest BCUT2D eigenvalue weighted by Crippen LogP contribution is 2.36. The summed E-state index contributed by atoms with van der Waals surface area (Å²) in [6, 6.07) is 10.3. The zero-order valence-electron chi connectivity index (χ0n) is 15.8. The Morgan fingerprint density at radius 1 is 1.00 bits per heavy atom. The minimum absolute atomic E-state index is 0.310. The molecule has 0 aromatic heterocycles. The fourth-order valence-electron chi connectivity index (χ4n) is 3.65. The largest absolute Gasteiger partial charge is 0.493 e. The van der Waals surface area contributed by atoms with Crippen LogP contribution in [0.25, 0.3) is 0 Å². The highest BCUT2D eigenvalue weighted by molar-refractivity contribution is 5.44. The number of rotatable bonds is 7. The van der Waals surface area contributed by atoms with Crippen LogP contribution in [0.15, 0.2) is 36.4 Å². The number of ether oxygens (including phenoxy) is 2. The van der Waals surface area contributed by atoms with Gasteiger partial charge in [-0.2, -0.15) is 0 Å². The van der Waals surface area contributed by atoms with Gasteiger partial charge in [0.1, 0.15) is 0 Å². The number of hydrogen-bond donors (Lipinski definition) is 1. The number of methoxy groups -OCH3 is 2. The lowest BCUT2D eigenvalue weighted by molar-refractivity contribution is 0.154. The van der Waals surface area contributed by atoms with Gasteiger partial charge < -0.3 is 14.8 Å². The van der Waals surface area contributed by atoms with E-state index in [-0.39, 0.29) is 0 Å². The van der Waals surface area contributed by atoms with Crippen molar-refractivity contribution in [1.29, 1.82) is 0 Å². The number of anilines is 1. The molecule has 146 valence electrons. The Bertz CT molecular complexity index is 770. The van der Waals surface area contributed by atoms with Crippen molar-refractivity contribution in [3.8, 4) is 11.5 Å². The van der Waals surface area contributed by atoms with Crippen LogP contribution >= 0.6 is 0 Å². The summed E-state index contributed by atoms with van der Waals surface area (Å²) in [7, 11) is 3.28. The molecule has 2 aromatic rings. The summed E-state index contributed by atoms with van der Waals surface area (Å²) in [5.41, 5.74) is 1.80. The highest BCUT2D eigenvalue weighted by Gasteiger charge is 2.24. The number of piperidine rings is 1. The van der Waals surface area contributed by atoms with Crippen LogP contribution in [0.1, 0.15) is 30.9 Å². The zero-order chi connectivity index (χ0) is 19.2. The molecule has 0 bridgehead atoms. The Morgan fingerprint density at radius 3 is 2.56 bits per heavy atom. The smallest absolute Gasteiger partial charge is 0.161 e. The van der Waals surface area contributed by atoms with Crippen LogP contribution in [0.5, 0.6) is 11.5 Å². The fraction of sp³-hybridized carbons (Fsp3) is 0.429. The van der Waals surface area contributed by atoms with Gasteiger partial charge in [-0.25, -0.2) is 8.78 Å². The Balaban J connectivity index is 1.65. The van der Waals surface area contributed by atoms with Gasteiger partial charge in [0.05, 0.1) is 14.2 Å². The summed E-state index contributed by atoms with van der Waals surface area (Å²) in [6.45, 7) is 2.49. The first-order valence-corrected chi connectivity index (χ1v) is 9.27. The van der Waals surface area contributed by atoms with Crippen molar-refractivity contribution in [2.75, 3.05) is 39.2 Å². The molecule has 1 fully saturated rings. The molecule has 0 radical (unpaired) electrons. The number of likely N-dealkylation sites (tertiary alicyclic amines) is 1. The van der Waals surface area contributed by atoms with Crippen molar-refractivity contribution >= 4 is 5.69 Å². The first kappa shape index (κ1) is 19.4. The second-order valence-corrected chi connectivity index (χ2v) is 6.72. The van der Waals surface area contributed by atoms with Crippen molar-refractivity contribution in [1.82, 2.24) is 4.90 Å². The molecule has 0 spiro atoms. The minimum atomic E-state index is -0.832. The topological polar surface area (TPSA) is 33.7 Å². The van der Waals surface area contributed by atoms with Gasteiger partial charge >= 0.3 is 0 Å². The van der Waals surface area contributed by atoms with E-state index in [1.54, 1.807) is 20.3 Å². The molecule has 1 heterocycles. The molecule has 1 aliphatic heterocycles. The third kappa shape index (κ3) is 4.69. The lowest BCUT2D eigenvalue weighted by Gasteiger charge is -2.36. The molecule has 27 heavy (non-hydrogen) atoms. The van der Waals surface area contributed by atoms with Crippen LogP contribution in [-0.4, -0.2) is 38.8 Å². The molecule has 1 saturated heterocycles. The fourth-order valence-corrected chi connectivity index (χ4v) is 3.65. The van der Waals surface area contributed by atoms with E-state index >= 15 is 0 Å². The van der Waals surface area contributed by atoms with E-state index in [4.69, 9.17) is 9.47 Å². The number of halogens is 2. The Labute approximate surface area is 159 Å². The number of nitrogens with one attached hydrogen (secondary N) is 1. The van der Waals surface area contributed by atoms with Crippen LogP contribution in [0.3, 0.4) is 0 Å². The van der Waals surface area contributed by atoms with Crippen molar-refractivity contribution in [3.63, 3.8) is 0 Å². The number of nitrogens with zero attached hydrogens (tertiary/aromatic N) is 1. The highest BCUT2D eigenvalue weighted by atomic mass is 19.2. The average Bonchev–Trinajstić information content (AvgIpc) is 2.70. The third-order valence-electron chi connectivity index (χ3n) is 5.05. The summed E-state index contributed by atoms with van der Waals surface area (Å²) in [5, 5.41) is 3.18. The molecule has 4 nitrogen and oxygen atoms in total. The van der Waals surface area contributed by atoms with Crippen molar-refractivity contribution in [3.05, 3.63) is 53.6 Å². The molecule has 0 aliphatic carbocycles. The first-order chi connectivity index (χ1) is 13.1. The minimum Gasteiger partial charge on any atom is -0.493 e. The molecule has 1 unspecified atom stereocenters. The van der Waals surface area contributed by atoms with Crippen molar-refractivity contribution in [2.24, 2.45) is 0 Å². The van der Waals surface area contributed by atoms with E-state index in [0.29, 0.717) is 18.3 Å². The monoisotopic (exact) mass is 376 g/mol. The lowest BCUT2D eigenvalue weighted by atomic mass is 9.95. The van der Waals surface area contributed by atoms with Gasteiger partial charge in [-0.05, 0) is 55.3 Å². The molecule has 1 atom stereocenters. The summed E-state index contributed by atoms with van der Waals surface area (Å²) in [4.78, 5) is 2.43. The second kappa shape index (κ2) is 9.04. The maximum Gasteiger partial charge on any atom is 0.161 e. The number of hydrogen-bond acceptors (Lipinski definition) is 4. The quantitative estimate of drug-likeness (QED) is 0.764. The van der Waals surface area contributed by atoms with Crippen LogP contribution in [-0.2, 0) is 0 Å². The number of benzene rings is 2. The Kier molecular flexibility index (Phi) is 6.50. The van der Waals surface area contributed by atoms with Gasteiger partial charge in [0.2, 0.25) is 0 Å². The van der Waals surface area contributed by atoms with Gasteiger partial charge in [-0.3, -0.25) is 4.90 Å². The molecule has 1 aliphatic rings. The van der Waals surface area contributed by atoms with Crippen molar-refractivity contribution in [2.45, 2.75) is 25.3 Å². The predicted molar refractivity (Wildman–Crippen MR) is 103 cm³/mol. The summed E-state index contributed by atoms with van der Waals surface area (Å²) in [6.07, 6.45) is 3.43. The van der Waals surface area contributed by atoms with Crippen LogP contribution < -0.4 is 14.8 Å². The molecule has 2 aromatic carbocycles. The Hall–Kier alpha value is -2.34. The van der Waals surface area contributed by atoms with Crippen LogP contribution in [0, 0.1) is 11.6 Å². The third-order valence-corrected chi connectivity index (χ3v) is 5.05. The molecular formula is C21H26F2N2O2. The van der Waals surface area contributed by atoms with Crippen molar-refractivity contribution < 1.29 is 18.3 Å². The van der Waals surface area contributed by atoms with E-state index in [1.165, 1.54) is 18.1 Å². The van der Waals surface area contributed by atoms with Gasteiger partial charge in [-0.1, -0.05) is 12.5 Å². The maximum absolute atomic E-state index is 13.3. The molecular weight excluding hydrogens is 350 g/mol. The molecule has 3 rings (SSSR count). The van der Waals surface area contributed by atoms with E-state index in [1.807, 2.05) is 12.1 Å². The van der Waals surface area contributed by atoms with E-state index in [9.17, 15) is 8.78 Å². The molecule has 6 heteroatoms. The summed E-state index contributed by atoms with van der Waals surface area (Å²) in [5.74, 6) is -0.199. The first-order valence-electron chi connectivity index (χ1n) is 9.27. The van der Waals surface area contributed by atoms with Crippen LogP contribution in [0.4, 0.5) is 14.5 Å². The lowest BCUT2D eigenvalue weighted by Crippen LogP contribution is -2.36. The standard InChI is InChI=1S/C21H26F2N2O2/c1-26-20-9-6-15(13-21(20)27-2)19-5-3-4-11-25(19)12-10-24-16-7-8-17(22)18(23)14-16/h6-9,13-14,19,24H,3-5,10-12H2,1-2H3. The molecule has 0 amide bonds. The van der Waals surface area contributed by atoms with Gasteiger partial charge in [0.15, 0.2) is 23.1 Å². The molecule has 1 N–H and O–H groups in total. The van der Waals surface area contributed by atoms with E-state index in [2.05, 4.69) is 16.3 Å². The van der Waals surface area contributed by atoms with E-state index in [0.717, 1.165) is 43.5 Å². The average molecular weight is 376 g/mol. The SMILES string of the molecule is COc1ccc(C2CCCCN2CCNc2ccc(F)c(F)c2)cc1OC. The zero-order valence-corrected chi connectivity index (χ0v) is 15.8. The van der Waals surface area contributed by atoms with Gasteiger partial charge in [-0.15, -0.1) is 0 Å². The Morgan fingerprint density at radius 2 is 1.81 bits per heavy atom. The summed E-state index contributed by atoms with van der Waals surface area (Å²) >= 11 is 0. The normalized spacial score (nSPS) is 17.6. The molecule has 0 saturated carbocycles.